The summed E-state index contributed by atoms with van der Waals surface area (Å²) in [7, 11) is 0. The van der Waals surface area contributed by atoms with Crippen molar-refractivity contribution in [3.05, 3.63) is 53.5 Å². The van der Waals surface area contributed by atoms with Crippen LogP contribution in [-0.2, 0) is 11.2 Å². The number of hydrogen-bond donors (Lipinski definition) is 1. The van der Waals surface area contributed by atoms with Gasteiger partial charge in [-0.05, 0) is 48.6 Å². The highest BCUT2D eigenvalue weighted by atomic mass is 16.5. The van der Waals surface area contributed by atoms with Gasteiger partial charge in [0.15, 0.2) is 6.61 Å². The van der Waals surface area contributed by atoms with E-state index < -0.39 is 0 Å². The molecule has 0 saturated heterocycles. The number of ether oxygens (including phenoxy) is 1. The molecule has 2 atom stereocenters. The van der Waals surface area contributed by atoms with Gasteiger partial charge in [-0.3, -0.25) is 4.79 Å². The summed E-state index contributed by atoms with van der Waals surface area (Å²) in [6.45, 7) is 4.22. The fourth-order valence-electron chi connectivity index (χ4n) is 2.53. The molecule has 1 aromatic heterocycles. The summed E-state index contributed by atoms with van der Waals surface area (Å²) in [5.74, 6) is 3.22. The van der Waals surface area contributed by atoms with E-state index in [2.05, 4.69) is 24.4 Å². The van der Waals surface area contributed by atoms with Crippen LogP contribution in [0.1, 0.15) is 43.3 Å². The first-order valence-corrected chi connectivity index (χ1v) is 8.29. The molecule has 2 aromatic rings. The monoisotopic (exact) mass is 326 g/mol. The van der Waals surface area contributed by atoms with Crippen LogP contribution in [-0.4, -0.2) is 18.7 Å². The largest absolute Gasteiger partial charge is 0.484 e. The quantitative estimate of drug-likeness (QED) is 0.626. The lowest BCUT2D eigenvalue weighted by atomic mass is 10.2. The standard InChI is InChI=1S/C19H22N2O3/c1-3-14-4-6-15(7-5-14)23-12-19(22)21-20-11-16-8-9-18(24-16)17-10-13(17)2/h4-9,11,13,17H,3,10,12H2,1-2H3,(H,21,22)/b20-11-/t13-,17-/m0/s1. The number of nitrogens with one attached hydrogen (secondary N) is 1. The molecule has 1 aliphatic rings. The molecule has 0 bridgehead atoms. The van der Waals surface area contributed by atoms with Gasteiger partial charge in [-0.1, -0.05) is 26.0 Å². The van der Waals surface area contributed by atoms with E-state index in [1.807, 2.05) is 36.4 Å². The van der Waals surface area contributed by atoms with E-state index in [1.165, 1.54) is 18.2 Å². The summed E-state index contributed by atoms with van der Waals surface area (Å²) in [6.07, 6.45) is 3.66. The number of nitrogens with zero attached hydrogens (tertiary/aromatic N) is 1. The molecule has 1 aliphatic carbocycles. The third kappa shape index (κ3) is 4.25. The second-order valence-corrected chi connectivity index (χ2v) is 6.14. The van der Waals surface area contributed by atoms with Gasteiger partial charge in [0.1, 0.15) is 17.3 Å². The summed E-state index contributed by atoms with van der Waals surface area (Å²) in [6, 6.07) is 11.5. The van der Waals surface area contributed by atoms with Crippen LogP contribution in [0.5, 0.6) is 5.75 Å². The van der Waals surface area contributed by atoms with E-state index in [0.717, 1.165) is 12.2 Å². The molecule has 5 nitrogen and oxygen atoms in total. The van der Waals surface area contributed by atoms with Gasteiger partial charge < -0.3 is 9.15 Å². The van der Waals surface area contributed by atoms with Gasteiger partial charge in [-0.25, -0.2) is 5.43 Å². The maximum absolute atomic E-state index is 11.7. The maximum Gasteiger partial charge on any atom is 0.277 e. The molecule has 1 heterocycles. The van der Waals surface area contributed by atoms with Gasteiger partial charge in [-0.2, -0.15) is 5.10 Å². The second-order valence-electron chi connectivity index (χ2n) is 6.14. The third-order valence-corrected chi connectivity index (χ3v) is 4.21. The minimum absolute atomic E-state index is 0.0776. The van der Waals surface area contributed by atoms with Crippen LogP contribution >= 0.6 is 0 Å². The molecule has 126 valence electrons. The highest BCUT2D eigenvalue weighted by Crippen LogP contribution is 2.47. The summed E-state index contributed by atoms with van der Waals surface area (Å²) in [5, 5.41) is 3.90. The Bertz CT molecular complexity index is 718. The van der Waals surface area contributed by atoms with Crippen molar-refractivity contribution in [2.45, 2.75) is 32.6 Å². The van der Waals surface area contributed by atoms with Crippen LogP contribution < -0.4 is 10.2 Å². The van der Waals surface area contributed by atoms with Crippen molar-refractivity contribution in [3.63, 3.8) is 0 Å². The highest BCUT2D eigenvalue weighted by molar-refractivity contribution is 5.81. The lowest BCUT2D eigenvalue weighted by Crippen LogP contribution is -2.24. The number of aryl methyl sites for hydroxylation is 1. The third-order valence-electron chi connectivity index (χ3n) is 4.21. The van der Waals surface area contributed by atoms with Crippen molar-refractivity contribution in [2.24, 2.45) is 11.0 Å². The predicted octanol–water partition coefficient (Wildman–Crippen LogP) is 3.49. The van der Waals surface area contributed by atoms with Crippen LogP contribution in [0.3, 0.4) is 0 Å². The summed E-state index contributed by atoms with van der Waals surface area (Å²) in [5.41, 5.74) is 3.66. The van der Waals surface area contributed by atoms with E-state index in [-0.39, 0.29) is 12.5 Å². The maximum atomic E-state index is 11.7. The number of rotatable bonds is 7. The Hall–Kier alpha value is -2.56. The minimum Gasteiger partial charge on any atom is -0.484 e. The average molecular weight is 326 g/mol. The van der Waals surface area contributed by atoms with Crippen molar-refractivity contribution in [1.29, 1.82) is 0 Å². The molecule has 1 N–H and O–H groups in total. The Morgan fingerprint density at radius 3 is 2.75 bits per heavy atom. The molecule has 5 heteroatoms. The molecule has 1 aromatic carbocycles. The first-order valence-electron chi connectivity index (χ1n) is 8.29. The molecule has 1 amide bonds. The zero-order valence-electron chi connectivity index (χ0n) is 14.0. The van der Waals surface area contributed by atoms with Crippen LogP contribution in [0.4, 0.5) is 0 Å². The van der Waals surface area contributed by atoms with Crippen LogP contribution in [0.15, 0.2) is 45.9 Å². The molecule has 0 unspecified atom stereocenters. The van der Waals surface area contributed by atoms with E-state index in [4.69, 9.17) is 9.15 Å². The van der Waals surface area contributed by atoms with Crippen LogP contribution in [0.2, 0.25) is 0 Å². The van der Waals surface area contributed by atoms with Gasteiger partial charge >= 0.3 is 0 Å². The SMILES string of the molecule is CCc1ccc(OCC(=O)N/N=C\c2ccc([C@H]3C[C@@H]3C)o2)cc1. The van der Waals surface area contributed by atoms with E-state index in [9.17, 15) is 4.79 Å². The lowest BCUT2D eigenvalue weighted by molar-refractivity contribution is -0.123. The normalized spacial score (nSPS) is 19.4. The number of furan rings is 1. The molecule has 1 saturated carbocycles. The zero-order chi connectivity index (χ0) is 16.9. The Morgan fingerprint density at radius 1 is 1.33 bits per heavy atom. The van der Waals surface area contributed by atoms with E-state index in [1.54, 1.807) is 0 Å². The molecular formula is C19H22N2O3. The van der Waals surface area contributed by atoms with E-state index >= 15 is 0 Å². The number of benzene rings is 1. The topological polar surface area (TPSA) is 63.8 Å². The first-order chi connectivity index (χ1) is 11.7. The predicted molar refractivity (Wildman–Crippen MR) is 92.3 cm³/mol. The van der Waals surface area contributed by atoms with Crippen LogP contribution in [0.25, 0.3) is 0 Å². The number of carbonyl (C=O) groups excluding carboxylic acids is 1. The fourth-order valence-corrected chi connectivity index (χ4v) is 2.53. The molecule has 0 spiro atoms. The van der Waals surface area contributed by atoms with Crippen molar-refractivity contribution in [1.82, 2.24) is 5.43 Å². The second kappa shape index (κ2) is 7.34. The molecule has 0 aliphatic heterocycles. The molecule has 3 rings (SSSR count). The summed E-state index contributed by atoms with van der Waals surface area (Å²) in [4.78, 5) is 11.7. The van der Waals surface area contributed by atoms with Crippen molar-refractivity contribution in [3.8, 4) is 5.75 Å². The molecule has 0 radical (unpaired) electrons. The van der Waals surface area contributed by atoms with Gasteiger partial charge in [0.2, 0.25) is 0 Å². The lowest BCUT2D eigenvalue weighted by Gasteiger charge is -2.05. The van der Waals surface area contributed by atoms with Crippen molar-refractivity contribution in [2.75, 3.05) is 6.61 Å². The van der Waals surface area contributed by atoms with E-state index in [0.29, 0.717) is 23.3 Å². The molecule has 1 fully saturated rings. The molecular weight excluding hydrogens is 304 g/mol. The average Bonchev–Trinajstić information content (AvgIpc) is 3.14. The first kappa shape index (κ1) is 16.3. The number of hydrazone groups is 1. The zero-order valence-corrected chi connectivity index (χ0v) is 14.0. The van der Waals surface area contributed by atoms with Gasteiger partial charge in [0.25, 0.3) is 5.91 Å². The van der Waals surface area contributed by atoms with Crippen molar-refractivity contribution < 1.29 is 13.9 Å². The number of amides is 1. The Kier molecular flexibility index (Phi) is 4.99. The number of carbonyl (C=O) groups is 1. The van der Waals surface area contributed by atoms with Crippen molar-refractivity contribution >= 4 is 12.1 Å². The Balaban J connectivity index is 1.42. The number of hydrogen-bond acceptors (Lipinski definition) is 4. The summed E-state index contributed by atoms with van der Waals surface area (Å²) < 4.78 is 11.1. The van der Waals surface area contributed by atoms with Crippen LogP contribution in [0, 0.1) is 5.92 Å². The van der Waals surface area contributed by atoms with Gasteiger partial charge in [-0.15, -0.1) is 0 Å². The Labute approximate surface area is 141 Å². The Morgan fingerprint density at radius 2 is 2.08 bits per heavy atom. The highest BCUT2D eigenvalue weighted by Gasteiger charge is 2.36. The summed E-state index contributed by atoms with van der Waals surface area (Å²) >= 11 is 0. The molecule has 24 heavy (non-hydrogen) atoms. The smallest absolute Gasteiger partial charge is 0.277 e. The fraction of sp³-hybridized carbons (Fsp3) is 0.368. The minimum atomic E-state index is -0.312. The van der Waals surface area contributed by atoms with Gasteiger partial charge in [0.05, 0.1) is 6.21 Å². The van der Waals surface area contributed by atoms with Gasteiger partial charge in [0, 0.05) is 5.92 Å².